The Morgan fingerprint density at radius 3 is 2.00 bits per heavy atom. The van der Waals surface area contributed by atoms with Gasteiger partial charge in [0.1, 0.15) is 11.5 Å². The van der Waals surface area contributed by atoms with Crippen molar-refractivity contribution in [3.63, 3.8) is 0 Å². The summed E-state index contributed by atoms with van der Waals surface area (Å²) in [5.74, 6) is -0.242. The Bertz CT molecular complexity index is 621. The molecule has 0 aliphatic rings. The smallest absolute Gasteiger partial charge is 0.417 e. The molecule has 2 nitrogen and oxygen atoms in total. The van der Waals surface area contributed by atoms with Gasteiger partial charge in [-0.05, 0) is 30.3 Å². The first-order chi connectivity index (χ1) is 9.68. The van der Waals surface area contributed by atoms with Gasteiger partial charge in [-0.1, -0.05) is 0 Å². The van der Waals surface area contributed by atoms with Gasteiger partial charge in [0.25, 0.3) is 0 Å². The molecule has 8 heteroatoms. The molecule has 2 rings (SSSR count). The van der Waals surface area contributed by atoms with E-state index in [0.29, 0.717) is 12.1 Å². The summed E-state index contributed by atoms with van der Waals surface area (Å²) >= 11 is 0. The molecular formula is C13H7F6NO. The molecule has 0 N–H and O–H groups in total. The molecule has 2 aromatic rings. The Labute approximate surface area is 115 Å². The molecule has 21 heavy (non-hydrogen) atoms. The van der Waals surface area contributed by atoms with E-state index < -0.39 is 23.5 Å². The fraction of sp³-hybridized carbons (Fsp3) is 0.154. The number of ether oxygens (including phenoxy) is 1. The van der Waals surface area contributed by atoms with Gasteiger partial charge in [-0.15, -0.1) is 0 Å². The van der Waals surface area contributed by atoms with Crippen molar-refractivity contribution >= 4 is 0 Å². The highest BCUT2D eigenvalue weighted by atomic mass is 19.4. The fourth-order valence-electron chi connectivity index (χ4n) is 1.61. The lowest BCUT2D eigenvalue weighted by Crippen LogP contribution is -2.16. The van der Waals surface area contributed by atoms with E-state index >= 15 is 0 Å². The predicted molar refractivity (Wildman–Crippen MR) is 60.8 cm³/mol. The van der Waals surface area contributed by atoms with Gasteiger partial charge in [0.15, 0.2) is 0 Å². The van der Waals surface area contributed by atoms with E-state index in [1.165, 1.54) is 24.5 Å². The quantitative estimate of drug-likeness (QED) is 0.735. The molecule has 0 amide bonds. The van der Waals surface area contributed by atoms with E-state index in [1.54, 1.807) is 0 Å². The van der Waals surface area contributed by atoms with Crippen LogP contribution in [0.15, 0.2) is 42.7 Å². The lowest BCUT2D eigenvalue weighted by Gasteiger charge is -2.16. The monoisotopic (exact) mass is 307 g/mol. The van der Waals surface area contributed by atoms with Gasteiger partial charge < -0.3 is 4.74 Å². The van der Waals surface area contributed by atoms with Crippen LogP contribution < -0.4 is 4.74 Å². The molecule has 1 aromatic heterocycles. The van der Waals surface area contributed by atoms with Crippen molar-refractivity contribution in [2.75, 3.05) is 0 Å². The van der Waals surface area contributed by atoms with Crippen LogP contribution >= 0.6 is 0 Å². The third-order valence-electron chi connectivity index (χ3n) is 2.47. The number of hydrogen-bond acceptors (Lipinski definition) is 2. The summed E-state index contributed by atoms with van der Waals surface area (Å²) in [5.41, 5.74) is -3.55. The van der Waals surface area contributed by atoms with Crippen LogP contribution in [0.3, 0.4) is 0 Å². The molecule has 0 bridgehead atoms. The number of aromatic nitrogens is 1. The van der Waals surface area contributed by atoms with Crippen molar-refractivity contribution < 1.29 is 31.1 Å². The maximum atomic E-state index is 12.7. The predicted octanol–water partition coefficient (Wildman–Crippen LogP) is 4.91. The zero-order valence-electron chi connectivity index (χ0n) is 10.2. The van der Waals surface area contributed by atoms with Gasteiger partial charge in [-0.25, -0.2) is 0 Å². The van der Waals surface area contributed by atoms with Crippen molar-refractivity contribution in [2.45, 2.75) is 12.4 Å². The van der Waals surface area contributed by atoms with Crippen molar-refractivity contribution in [3.05, 3.63) is 53.9 Å². The molecule has 0 radical (unpaired) electrons. The summed E-state index contributed by atoms with van der Waals surface area (Å²) < 4.78 is 81.0. The van der Waals surface area contributed by atoms with Gasteiger partial charge in [0.2, 0.25) is 0 Å². The highest BCUT2D eigenvalue weighted by Crippen LogP contribution is 2.42. The molecule has 0 aliphatic heterocycles. The lowest BCUT2D eigenvalue weighted by atomic mass is 10.1. The van der Waals surface area contributed by atoms with Crippen LogP contribution in [0, 0.1) is 0 Å². The second-order valence-electron chi connectivity index (χ2n) is 3.99. The summed E-state index contributed by atoms with van der Waals surface area (Å²) in [4.78, 5) is 3.68. The van der Waals surface area contributed by atoms with Crippen molar-refractivity contribution in [3.8, 4) is 11.5 Å². The summed E-state index contributed by atoms with van der Waals surface area (Å²) in [7, 11) is 0. The summed E-state index contributed by atoms with van der Waals surface area (Å²) in [6.45, 7) is 0. The average Bonchev–Trinajstić information content (AvgIpc) is 2.37. The molecule has 1 aromatic carbocycles. The molecular weight excluding hydrogens is 300 g/mol. The van der Waals surface area contributed by atoms with Crippen LogP contribution in [-0.4, -0.2) is 4.98 Å². The Kier molecular flexibility index (Phi) is 3.80. The van der Waals surface area contributed by atoms with Crippen molar-refractivity contribution in [1.29, 1.82) is 0 Å². The second kappa shape index (κ2) is 5.27. The standard InChI is InChI=1S/C13H7F6NO/c14-12(15,16)10-4-3-8(6-11(10)13(17,18)19)21-9-2-1-5-20-7-9/h1-7H. The molecule has 0 fully saturated rings. The maximum absolute atomic E-state index is 12.7. The molecule has 1 heterocycles. The molecule has 0 unspecified atom stereocenters. The third kappa shape index (κ3) is 3.65. The maximum Gasteiger partial charge on any atom is 0.417 e. The molecule has 0 saturated carbocycles. The minimum Gasteiger partial charge on any atom is -0.456 e. The van der Waals surface area contributed by atoms with Gasteiger partial charge in [0.05, 0.1) is 17.3 Å². The fourth-order valence-corrected chi connectivity index (χ4v) is 1.61. The number of rotatable bonds is 2. The second-order valence-corrected chi connectivity index (χ2v) is 3.99. The van der Waals surface area contributed by atoms with E-state index in [2.05, 4.69) is 4.98 Å². The van der Waals surface area contributed by atoms with Gasteiger partial charge in [0, 0.05) is 6.20 Å². The van der Waals surface area contributed by atoms with Crippen LogP contribution in [0.1, 0.15) is 11.1 Å². The largest absolute Gasteiger partial charge is 0.456 e. The van der Waals surface area contributed by atoms with Crippen molar-refractivity contribution in [2.24, 2.45) is 0 Å². The first kappa shape index (κ1) is 15.1. The summed E-state index contributed by atoms with van der Waals surface area (Å²) in [5, 5.41) is 0. The number of halogens is 6. The highest BCUT2D eigenvalue weighted by molar-refractivity contribution is 5.40. The van der Waals surface area contributed by atoms with Crippen LogP contribution in [0.5, 0.6) is 11.5 Å². The van der Waals surface area contributed by atoms with Crippen LogP contribution in [0.2, 0.25) is 0 Å². The van der Waals surface area contributed by atoms with E-state index in [1.807, 2.05) is 0 Å². The van der Waals surface area contributed by atoms with E-state index in [-0.39, 0.29) is 11.5 Å². The minimum atomic E-state index is -5.14. The zero-order valence-corrected chi connectivity index (χ0v) is 10.2. The van der Waals surface area contributed by atoms with E-state index in [9.17, 15) is 26.3 Å². The van der Waals surface area contributed by atoms with Crippen LogP contribution in [0.4, 0.5) is 26.3 Å². The topological polar surface area (TPSA) is 22.1 Å². The number of nitrogens with zero attached hydrogens (tertiary/aromatic N) is 1. The third-order valence-corrected chi connectivity index (χ3v) is 2.47. The SMILES string of the molecule is FC(F)(F)c1ccc(Oc2cccnc2)cc1C(F)(F)F. The van der Waals surface area contributed by atoms with Gasteiger partial charge in [-0.3, -0.25) is 4.98 Å². The number of alkyl halides is 6. The lowest BCUT2D eigenvalue weighted by molar-refractivity contribution is -0.162. The van der Waals surface area contributed by atoms with E-state index in [4.69, 9.17) is 4.74 Å². The van der Waals surface area contributed by atoms with Crippen LogP contribution in [-0.2, 0) is 12.4 Å². The molecule has 0 atom stereocenters. The van der Waals surface area contributed by atoms with Crippen LogP contribution in [0.25, 0.3) is 0 Å². The van der Waals surface area contributed by atoms with Gasteiger partial charge in [-0.2, -0.15) is 26.3 Å². The number of hydrogen-bond donors (Lipinski definition) is 0. The Morgan fingerprint density at radius 1 is 0.810 bits per heavy atom. The normalized spacial score (nSPS) is 12.3. The van der Waals surface area contributed by atoms with Gasteiger partial charge >= 0.3 is 12.4 Å². The first-order valence-corrected chi connectivity index (χ1v) is 5.54. The molecule has 112 valence electrons. The Balaban J connectivity index is 2.43. The molecule has 0 aliphatic carbocycles. The summed E-state index contributed by atoms with van der Waals surface area (Å²) in [6.07, 6.45) is -7.59. The minimum absolute atomic E-state index is 0.116. The average molecular weight is 307 g/mol. The molecule has 0 saturated heterocycles. The molecule has 0 spiro atoms. The summed E-state index contributed by atoms with van der Waals surface area (Å²) in [6, 6.07) is 4.37. The highest BCUT2D eigenvalue weighted by Gasteiger charge is 2.43. The Morgan fingerprint density at radius 2 is 1.48 bits per heavy atom. The Hall–Kier alpha value is -2.25. The first-order valence-electron chi connectivity index (χ1n) is 5.54. The number of pyridine rings is 1. The van der Waals surface area contributed by atoms with E-state index in [0.717, 1.165) is 6.07 Å². The van der Waals surface area contributed by atoms with Crippen molar-refractivity contribution in [1.82, 2.24) is 4.98 Å². The number of benzene rings is 1. The zero-order chi connectivity index (χ0) is 15.7.